The van der Waals surface area contributed by atoms with Crippen molar-refractivity contribution in [2.45, 2.75) is 24.6 Å². The lowest BCUT2D eigenvalue weighted by Gasteiger charge is -2.34. The number of hydrogen-bond donors (Lipinski definition) is 3. The second kappa shape index (κ2) is 6.19. The van der Waals surface area contributed by atoms with Crippen LogP contribution < -0.4 is 4.74 Å². The molecule has 1 fully saturated rings. The minimum absolute atomic E-state index is 0.223. The molecule has 0 radical (unpaired) electrons. The second-order valence-electron chi connectivity index (χ2n) is 4.38. The Morgan fingerprint density at radius 3 is 2.50 bits per heavy atom. The van der Waals surface area contributed by atoms with Gasteiger partial charge in [0.1, 0.15) is 18.0 Å². The van der Waals surface area contributed by atoms with Crippen LogP contribution >= 0.6 is 0 Å². The van der Waals surface area contributed by atoms with Crippen molar-refractivity contribution in [2.24, 2.45) is 0 Å². The lowest BCUT2D eigenvalue weighted by molar-refractivity contribution is -0.251. The number of carbonyl (C=O) groups is 1. The van der Waals surface area contributed by atoms with Crippen LogP contribution in [0.5, 0.6) is 5.75 Å². The highest BCUT2D eigenvalue weighted by atomic mass is 16.7. The van der Waals surface area contributed by atoms with Gasteiger partial charge in [-0.25, -0.2) is 4.79 Å². The van der Waals surface area contributed by atoms with E-state index in [9.17, 15) is 20.1 Å². The molecular formula is C13H16O7. The summed E-state index contributed by atoms with van der Waals surface area (Å²) in [6.07, 6.45) is -5.43. The van der Waals surface area contributed by atoms with E-state index in [1.807, 2.05) is 0 Å². The van der Waals surface area contributed by atoms with Gasteiger partial charge in [0.25, 0.3) is 0 Å². The van der Waals surface area contributed by atoms with Crippen molar-refractivity contribution in [3.05, 3.63) is 29.8 Å². The van der Waals surface area contributed by atoms with Crippen LogP contribution in [0.15, 0.2) is 24.3 Å². The maximum atomic E-state index is 11.9. The normalized spacial score (nSPS) is 29.8. The van der Waals surface area contributed by atoms with Gasteiger partial charge in [-0.3, -0.25) is 0 Å². The van der Waals surface area contributed by atoms with Gasteiger partial charge in [0.05, 0.1) is 19.3 Å². The fourth-order valence-electron chi connectivity index (χ4n) is 1.82. The fraction of sp³-hybridized carbons (Fsp3) is 0.462. The molecule has 1 aliphatic rings. The molecule has 0 amide bonds. The average molecular weight is 284 g/mol. The summed E-state index contributed by atoms with van der Waals surface area (Å²) in [5, 5.41) is 28.7. The monoisotopic (exact) mass is 284 g/mol. The largest absolute Gasteiger partial charge is 0.497 e. The summed E-state index contributed by atoms with van der Waals surface area (Å²) in [6.45, 7) is -0.223. The SMILES string of the molecule is COc1ccc(C(=O)O[C@@H]2[C@@H](O)[C@H](O)CO[C@H]2O)cc1. The summed E-state index contributed by atoms with van der Waals surface area (Å²) in [5.41, 5.74) is 0.227. The summed E-state index contributed by atoms with van der Waals surface area (Å²) < 4.78 is 14.7. The second-order valence-corrected chi connectivity index (χ2v) is 4.38. The molecule has 2 rings (SSSR count). The first-order valence-electron chi connectivity index (χ1n) is 6.03. The average Bonchev–Trinajstić information content (AvgIpc) is 2.47. The van der Waals surface area contributed by atoms with Crippen LogP contribution in [0.1, 0.15) is 10.4 Å². The van der Waals surface area contributed by atoms with Gasteiger partial charge in [0, 0.05) is 0 Å². The van der Waals surface area contributed by atoms with E-state index in [0.717, 1.165) is 0 Å². The Hall–Kier alpha value is -1.67. The molecule has 0 aliphatic carbocycles. The molecular weight excluding hydrogens is 268 g/mol. The molecule has 0 aromatic heterocycles. The molecule has 7 nitrogen and oxygen atoms in total. The zero-order chi connectivity index (χ0) is 14.7. The lowest BCUT2D eigenvalue weighted by Crippen LogP contribution is -2.54. The molecule has 3 N–H and O–H groups in total. The number of benzene rings is 1. The van der Waals surface area contributed by atoms with E-state index in [-0.39, 0.29) is 12.2 Å². The maximum Gasteiger partial charge on any atom is 0.338 e. The first-order chi connectivity index (χ1) is 9.52. The van der Waals surface area contributed by atoms with Gasteiger partial charge in [-0.05, 0) is 24.3 Å². The third kappa shape index (κ3) is 3.07. The molecule has 4 atom stereocenters. The van der Waals surface area contributed by atoms with Gasteiger partial charge in [-0.1, -0.05) is 0 Å². The Labute approximate surface area is 115 Å². The summed E-state index contributed by atoms with van der Waals surface area (Å²) in [6, 6.07) is 6.13. The van der Waals surface area contributed by atoms with E-state index in [4.69, 9.17) is 14.2 Å². The number of aliphatic hydroxyl groups is 3. The van der Waals surface area contributed by atoms with Crippen LogP contribution in [0.2, 0.25) is 0 Å². The van der Waals surface area contributed by atoms with Crippen LogP contribution in [0.25, 0.3) is 0 Å². The Balaban J connectivity index is 2.05. The standard InChI is InChI=1S/C13H16O7/c1-18-8-4-2-7(3-5-8)12(16)20-11-10(15)9(14)6-19-13(11)17/h2-5,9-11,13-15,17H,6H2,1H3/t9-,10+,11-,13-/m1/s1. The molecule has 0 unspecified atom stereocenters. The van der Waals surface area contributed by atoms with Crippen LogP contribution in [-0.2, 0) is 9.47 Å². The van der Waals surface area contributed by atoms with E-state index in [1.165, 1.54) is 19.2 Å². The number of aliphatic hydroxyl groups excluding tert-OH is 3. The van der Waals surface area contributed by atoms with Gasteiger partial charge in [-0.15, -0.1) is 0 Å². The quantitative estimate of drug-likeness (QED) is 0.630. The summed E-state index contributed by atoms with van der Waals surface area (Å²) in [7, 11) is 1.50. The van der Waals surface area contributed by atoms with Crippen LogP contribution in [0.3, 0.4) is 0 Å². The van der Waals surface area contributed by atoms with Crippen molar-refractivity contribution in [3.63, 3.8) is 0 Å². The predicted octanol–water partition coefficient (Wildman–Crippen LogP) is -0.709. The van der Waals surface area contributed by atoms with Crippen molar-refractivity contribution >= 4 is 5.97 Å². The Kier molecular flexibility index (Phi) is 4.56. The maximum absolute atomic E-state index is 11.9. The van der Waals surface area contributed by atoms with Gasteiger partial charge in [0.15, 0.2) is 12.4 Å². The molecule has 1 heterocycles. The molecule has 110 valence electrons. The molecule has 1 aliphatic heterocycles. The van der Waals surface area contributed by atoms with E-state index in [0.29, 0.717) is 5.75 Å². The van der Waals surface area contributed by atoms with Gasteiger partial charge >= 0.3 is 5.97 Å². The van der Waals surface area contributed by atoms with Crippen LogP contribution in [0, 0.1) is 0 Å². The number of carbonyl (C=O) groups excluding carboxylic acids is 1. The first kappa shape index (κ1) is 14.7. The summed E-state index contributed by atoms with van der Waals surface area (Å²) in [5.74, 6) is -0.161. The Morgan fingerprint density at radius 1 is 1.25 bits per heavy atom. The zero-order valence-electron chi connectivity index (χ0n) is 10.8. The number of rotatable bonds is 3. The molecule has 0 bridgehead atoms. The minimum Gasteiger partial charge on any atom is -0.497 e. The molecule has 0 spiro atoms. The van der Waals surface area contributed by atoms with E-state index < -0.39 is 30.6 Å². The molecule has 1 aromatic carbocycles. The minimum atomic E-state index is -1.48. The van der Waals surface area contributed by atoms with Crippen LogP contribution in [-0.4, -0.2) is 59.6 Å². The van der Waals surface area contributed by atoms with Crippen LogP contribution in [0.4, 0.5) is 0 Å². The summed E-state index contributed by atoms with van der Waals surface area (Å²) >= 11 is 0. The van der Waals surface area contributed by atoms with Crippen molar-refractivity contribution in [2.75, 3.05) is 13.7 Å². The molecule has 0 saturated carbocycles. The summed E-state index contributed by atoms with van der Waals surface area (Å²) in [4.78, 5) is 11.9. The third-order valence-electron chi connectivity index (χ3n) is 3.02. The molecule has 1 aromatic rings. The van der Waals surface area contributed by atoms with Crippen molar-refractivity contribution < 1.29 is 34.3 Å². The van der Waals surface area contributed by atoms with E-state index in [2.05, 4.69) is 0 Å². The van der Waals surface area contributed by atoms with Crippen molar-refractivity contribution in [3.8, 4) is 5.75 Å². The third-order valence-corrected chi connectivity index (χ3v) is 3.02. The zero-order valence-corrected chi connectivity index (χ0v) is 10.8. The number of methoxy groups -OCH3 is 1. The highest BCUT2D eigenvalue weighted by Gasteiger charge is 2.40. The highest BCUT2D eigenvalue weighted by Crippen LogP contribution is 2.19. The number of hydrogen-bond acceptors (Lipinski definition) is 7. The number of ether oxygens (including phenoxy) is 3. The Bertz CT molecular complexity index is 458. The highest BCUT2D eigenvalue weighted by molar-refractivity contribution is 5.89. The fourth-order valence-corrected chi connectivity index (χ4v) is 1.82. The van der Waals surface area contributed by atoms with E-state index in [1.54, 1.807) is 12.1 Å². The van der Waals surface area contributed by atoms with Gasteiger partial charge in [0.2, 0.25) is 0 Å². The number of esters is 1. The smallest absolute Gasteiger partial charge is 0.338 e. The molecule has 1 saturated heterocycles. The van der Waals surface area contributed by atoms with Gasteiger partial charge < -0.3 is 29.5 Å². The first-order valence-corrected chi connectivity index (χ1v) is 6.03. The molecule has 7 heteroatoms. The van der Waals surface area contributed by atoms with E-state index >= 15 is 0 Å². The Morgan fingerprint density at radius 2 is 1.90 bits per heavy atom. The predicted molar refractivity (Wildman–Crippen MR) is 66.2 cm³/mol. The van der Waals surface area contributed by atoms with Gasteiger partial charge in [-0.2, -0.15) is 0 Å². The topological polar surface area (TPSA) is 105 Å². The van der Waals surface area contributed by atoms with Crippen molar-refractivity contribution in [1.82, 2.24) is 0 Å². The molecule has 20 heavy (non-hydrogen) atoms. The lowest BCUT2D eigenvalue weighted by atomic mass is 10.1. The van der Waals surface area contributed by atoms with Crippen molar-refractivity contribution in [1.29, 1.82) is 0 Å².